The van der Waals surface area contributed by atoms with Gasteiger partial charge < -0.3 is 10.6 Å². The van der Waals surface area contributed by atoms with Crippen molar-refractivity contribution in [3.8, 4) is 0 Å². The lowest BCUT2D eigenvalue weighted by Gasteiger charge is -2.40. The zero-order chi connectivity index (χ0) is 11.7. The molecule has 0 saturated heterocycles. The summed E-state index contributed by atoms with van der Waals surface area (Å²) >= 11 is 0. The fraction of sp³-hybridized carbons (Fsp3) is 0.600. The van der Waals surface area contributed by atoms with Gasteiger partial charge in [-0.1, -0.05) is 31.7 Å². The minimum atomic E-state index is 0.317. The van der Waals surface area contributed by atoms with E-state index in [9.17, 15) is 0 Å². The number of fused-ring (bicyclic) bond motifs is 1. The molecule has 1 heterocycles. The molecule has 1 spiro atoms. The maximum Gasteiger partial charge on any atom is 0.0583 e. The molecular formula is C15H22N2. The van der Waals surface area contributed by atoms with E-state index in [0.717, 1.165) is 6.54 Å². The highest BCUT2D eigenvalue weighted by Gasteiger charge is 2.33. The summed E-state index contributed by atoms with van der Waals surface area (Å²) in [5.41, 5.74) is 4.23. The molecule has 1 aromatic rings. The number of benzene rings is 1. The summed E-state index contributed by atoms with van der Waals surface area (Å²) in [4.78, 5) is 0. The van der Waals surface area contributed by atoms with Crippen molar-refractivity contribution in [1.82, 2.24) is 0 Å². The predicted octanol–water partition coefficient (Wildman–Crippen LogP) is 3.93. The van der Waals surface area contributed by atoms with Crippen LogP contribution in [0.5, 0.6) is 0 Å². The van der Waals surface area contributed by atoms with Crippen LogP contribution in [0.3, 0.4) is 0 Å². The first-order valence-corrected chi connectivity index (χ1v) is 6.90. The maximum atomic E-state index is 3.83. The molecule has 1 fully saturated rings. The highest BCUT2D eigenvalue weighted by atomic mass is 15.1. The normalized spacial score (nSPS) is 22.2. The highest BCUT2D eigenvalue weighted by molar-refractivity contribution is 5.73. The average Bonchev–Trinajstić information content (AvgIpc) is 2.54. The molecule has 1 aliphatic heterocycles. The van der Waals surface area contributed by atoms with Crippen molar-refractivity contribution in [3.05, 3.63) is 23.8 Å². The van der Waals surface area contributed by atoms with Crippen molar-refractivity contribution in [3.63, 3.8) is 0 Å². The number of nitrogens with one attached hydrogen (secondary N) is 2. The van der Waals surface area contributed by atoms with Crippen LogP contribution in [0.2, 0.25) is 0 Å². The van der Waals surface area contributed by atoms with Crippen LogP contribution in [-0.4, -0.2) is 12.1 Å². The second-order valence-corrected chi connectivity index (χ2v) is 5.72. The Balaban J connectivity index is 1.87. The number of hydrogen-bond donors (Lipinski definition) is 2. The van der Waals surface area contributed by atoms with E-state index in [1.54, 1.807) is 0 Å². The fourth-order valence-corrected chi connectivity index (χ4v) is 3.22. The molecule has 2 N–H and O–H groups in total. The molecule has 0 bridgehead atoms. The first kappa shape index (κ1) is 10.9. The average molecular weight is 230 g/mol. The minimum Gasteiger partial charge on any atom is -0.381 e. The molecule has 2 nitrogen and oxygen atoms in total. The summed E-state index contributed by atoms with van der Waals surface area (Å²) in [5.74, 6) is 0. The Labute approximate surface area is 104 Å². The Bertz CT molecular complexity index is 403. The molecule has 92 valence electrons. The van der Waals surface area contributed by atoms with E-state index in [-0.39, 0.29) is 0 Å². The predicted molar refractivity (Wildman–Crippen MR) is 73.7 cm³/mol. The van der Waals surface area contributed by atoms with E-state index in [4.69, 9.17) is 0 Å². The van der Waals surface area contributed by atoms with Crippen molar-refractivity contribution < 1.29 is 0 Å². The largest absolute Gasteiger partial charge is 0.381 e. The Morgan fingerprint density at radius 2 is 1.76 bits per heavy atom. The molecule has 0 amide bonds. The van der Waals surface area contributed by atoms with E-state index in [1.165, 1.54) is 55.5 Å². The van der Waals surface area contributed by atoms with E-state index in [0.29, 0.717) is 5.54 Å². The summed E-state index contributed by atoms with van der Waals surface area (Å²) in [6, 6.07) is 6.65. The van der Waals surface area contributed by atoms with Gasteiger partial charge in [0.1, 0.15) is 0 Å². The molecule has 1 saturated carbocycles. The van der Waals surface area contributed by atoms with Crippen molar-refractivity contribution in [2.45, 2.75) is 51.0 Å². The van der Waals surface area contributed by atoms with Crippen molar-refractivity contribution >= 4 is 11.4 Å². The first-order chi connectivity index (χ1) is 8.27. The van der Waals surface area contributed by atoms with Gasteiger partial charge in [-0.05, 0) is 37.5 Å². The Morgan fingerprint density at radius 1 is 1.00 bits per heavy atom. The molecule has 0 aromatic heterocycles. The molecule has 17 heavy (non-hydrogen) atoms. The highest BCUT2D eigenvalue weighted by Crippen LogP contribution is 2.37. The van der Waals surface area contributed by atoms with Crippen LogP contribution in [0.25, 0.3) is 0 Å². The van der Waals surface area contributed by atoms with Crippen LogP contribution in [0.4, 0.5) is 11.4 Å². The lowest BCUT2D eigenvalue weighted by atomic mass is 9.87. The van der Waals surface area contributed by atoms with Gasteiger partial charge in [-0.2, -0.15) is 0 Å². The van der Waals surface area contributed by atoms with Gasteiger partial charge in [0.15, 0.2) is 0 Å². The molecule has 0 atom stereocenters. The zero-order valence-corrected chi connectivity index (χ0v) is 10.7. The first-order valence-electron chi connectivity index (χ1n) is 6.90. The summed E-state index contributed by atoms with van der Waals surface area (Å²) in [7, 11) is 0. The molecule has 1 aliphatic carbocycles. The monoisotopic (exact) mass is 230 g/mol. The van der Waals surface area contributed by atoms with Crippen LogP contribution < -0.4 is 10.6 Å². The van der Waals surface area contributed by atoms with E-state index >= 15 is 0 Å². The summed E-state index contributed by atoms with van der Waals surface area (Å²) in [5, 5.41) is 7.45. The van der Waals surface area contributed by atoms with E-state index in [1.807, 2.05) is 0 Å². The van der Waals surface area contributed by atoms with E-state index in [2.05, 4.69) is 35.8 Å². The van der Waals surface area contributed by atoms with Crippen LogP contribution in [0.1, 0.15) is 44.1 Å². The van der Waals surface area contributed by atoms with Crippen LogP contribution in [-0.2, 0) is 0 Å². The van der Waals surface area contributed by atoms with Crippen molar-refractivity contribution in [2.75, 3.05) is 17.2 Å². The van der Waals surface area contributed by atoms with Gasteiger partial charge in [0, 0.05) is 6.54 Å². The second-order valence-electron chi connectivity index (χ2n) is 5.72. The van der Waals surface area contributed by atoms with Gasteiger partial charge in [-0.25, -0.2) is 0 Å². The number of hydrogen-bond acceptors (Lipinski definition) is 2. The van der Waals surface area contributed by atoms with Crippen LogP contribution in [0.15, 0.2) is 18.2 Å². The fourth-order valence-electron chi connectivity index (χ4n) is 3.22. The van der Waals surface area contributed by atoms with Crippen LogP contribution >= 0.6 is 0 Å². The quantitative estimate of drug-likeness (QED) is 0.705. The molecule has 2 aliphatic rings. The molecule has 1 aromatic carbocycles. The standard InChI is InChI=1S/C15H22N2/c1-12-6-7-13-14(10-12)17-15(11-16-13)8-4-2-3-5-9-15/h6-7,10,16-17H,2-5,8-9,11H2,1H3. The number of anilines is 2. The third kappa shape index (κ3) is 2.13. The third-order valence-corrected chi connectivity index (χ3v) is 4.25. The van der Waals surface area contributed by atoms with Crippen molar-refractivity contribution in [2.24, 2.45) is 0 Å². The lowest BCUT2D eigenvalue weighted by molar-refractivity contribution is 0.423. The van der Waals surface area contributed by atoms with Crippen LogP contribution in [0, 0.1) is 6.92 Å². The number of aryl methyl sites for hydroxylation is 1. The summed E-state index contributed by atoms with van der Waals surface area (Å²) in [6.45, 7) is 3.25. The van der Waals surface area contributed by atoms with Gasteiger partial charge in [0.05, 0.1) is 16.9 Å². The number of rotatable bonds is 0. The SMILES string of the molecule is Cc1ccc2c(c1)NC1(CCCCCC1)CN2. The van der Waals surface area contributed by atoms with Gasteiger partial charge in [-0.15, -0.1) is 0 Å². The Kier molecular flexibility index (Phi) is 2.73. The molecule has 3 rings (SSSR count). The Morgan fingerprint density at radius 3 is 2.53 bits per heavy atom. The smallest absolute Gasteiger partial charge is 0.0583 e. The van der Waals surface area contributed by atoms with Crippen molar-refractivity contribution in [1.29, 1.82) is 0 Å². The summed E-state index contributed by atoms with van der Waals surface area (Å²) < 4.78 is 0. The molecular weight excluding hydrogens is 208 g/mol. The van der Waals surface area contributed by atoms with Gasteiger partial charge >= 0.3 is 0 Å². The van der Waals surface area contributed by atoms with Gasteiger partial charge in [0.25, 0.3) is 0 Å². The zero-order valence-electron chi connectivity index (χ0n) is 10.7. The summed E-state index contributed by atoms with van der Waals surface area (Å²) in [6.07, 6.45) is 8.18. The van der Waals surface area contributed by atoms with Gasteiger partial charge in [-0.3, -0.25) is 0 Å². The Hall–Kier alpha value is -1.18. The van der Waals surface area contributed by atoms with E-state index < -0.39 is 0 Å². The maximum absolute atomic E-state index is 3.83. The lowest BCUT2D eigenvalue weighted by Crippen LogP contribution is -2.47. The molecule has 0 radical (unpaired) electrons. The van der Waals surface area contributed by atoms with Gasteiger partial charge in [0.2, 0.25) is 0 Å². The third-order valence-electron chi connectivity index (χ3n) is 4.25. The molecule has 0 unspecified atom stereocenters. The minimum absolute atomic E-state index is 0.317. The molecule has 2 heteroatoms. The second kappa shape index (κ2) is 4.25. The topological polar surface area (TPSA) is 24.1 Å².